The molecule has 0 spiro atoms. The van der Waals surface area contributed by atoms with Crippen LogP contribution in [0, 0.1) is 0 Å². The molecule has 2 amide bonds. The van der Waals surface area contributed by atoms with Crippen molar-refractivity contribution in [2.24, 2.45) is 5.73 Å². The van der Waals surface area contributed by atoms with Gasteiger partial charge in [-0.2, -0.15) is 0 Å². The number of nitrogens with two attached hydrogens (primary N) is 1. The van der Waals surface area contributed by atoms with Crippen LogP contribution in [0.4, 0.5) is 0 Å². The number of amides is 2. The molecule has 6 heteroatoms. The fourth-order valence-electron chi connectivity index (χ4n) is 0.818. The Bertz CT molecular complexity index is 334. The van der Waals surface area contributed by atoms with Crippen molar-refractivity contribution >= 4 is 23.2 Å². The van der Waals surface area contributed by atoms with Crippen molar-refractivity contribution in [3.63, 3.8) is 0 Å². The van der Waals surface area contributed by atoms with Crippen molar-refractivity contribution < 1.29 is 14.4 Å². The fourth-order valence-corrected chi connectivity index (χ4v) is 1.60. The first-order valence-corrected chi connectivity index (χ1v) is 4.25. The van der Waals surface area contributed by atoms with Gasteiger partial charge in [0.15, 0.2) is 0 Å². The fraction of sp³-hybridized carbons (Fsp3) is 0.143. The second kappa shape index (κ2) is 4.01. The summed E-state index contributed by atoms with van der Waals surface area (Å²) >= 11 is 1.13. The van der Waals surface area contributed by atoms with Crippen LogP contribution in [-0.2, 0) is 4.84 Å². The zero-order valence-corrected chi connectivity index (χ0v) is 7.68. The Hall–Kier alpha value is -1.40. The summed E-state index contributed by atoms with van der Waals surface area (Å²) in [5.41, 5.74) is 7.35. The van der Waals surface area contributed by atoms with Gasteiger partial charge in [0.05, 0.1) is 12.7 Å². The minimum atomic E-state index is -0.623. The predicted octanol–water partition coefficient (Wildman–Crippen LogP) is 0.138. The number of thiophene rings is 1. The summed E-state index contributed by atoms with van der Waals surface area (Å²) in [6.07, 6.45) is 0. The molecule has 0 aromatic carbocycles. The van der Waals surface area contributed by atoms with Crippen LogP contribution in [0.2, 0.25) is 0 Å². The second-order valence-corrected chi connectivity index (χ2v) is 3.08. The van der Waals surface area contributed by atoms with E-state index in [0.717, 1.165) is 11.3 Å². The average molecular weight is 200 g/mol. The quantitative estimate of drug-likeness (QED) is 0.681. The number of hydroxylamine groups is 1. The topological polar surface area (TPSA) is 81.4 Å². The molecule has 0 saturated heterocycles. The molecule has 0 radical (unpaired) electrons. The van der Waals surface area contributed by atoms with E-state index in [9.17, 15) is 9.59 Å². The highest BCUT2D eigenvalue weighted by atomic mass is 32.1. The predicted molar refractivity (Wildman–Crippen MR) is 47.3 cm³/mol. The Morgan fingerprint density at radius 3 is 2.85 bits per heavy atom. The molecule has 3 N–H and O–H groups in total. The van der Waals surface area contributed by atoms with E-state index in [0.29, 0.717) is 0 Å². The molecular formula is C7H8N2O3S. The Morgan fingerprint density at radius 1 is 1.62 bits per heavy atom. The Labute approximate surface area is 78.4 Å². The molecule has 0 unspecified atom stereocenters. The van der Waals surface area contributed by atoms with Crippen molar-refractivity contribution in [2.45, 2.75) is 0 Å². The first-order valence-electron chi connectivity index (χ1n) is 3.37. The first-order chi connectivity index (χ1) is 6.16. The lowest BCUT2D eigenvalue weighted by Gasteiger charge is -2.00. The van der Waals surface area contributed by atoms with Gasteiger partial charge < -0.3 is 5.73 Å². The minimum absolute atomic E-state index is 0.208. The van der Waals surface area contributed by atoms with Crippen LogP contribution in [0.5, 0.6) is 0 Å². The molecule has 1 aromatic rings. The monoisotopic (exact) mass is 200 g/mol. The summed E-state index contributed by atoms with van der Waals surface area (Å²) < 4.78 is 0. The normalized spacial score (nSPS) is 9.62. The molecule has 0 bridgehead atoms. The molecule has 0 saturated carbocycles. The van der Waals surface area contributed by atoms with Crippen LogP contribution in [0.15, 0.2) is 11.4 Å². The van der Waals surface area contributed by atoms with Crippen molar-refractivity contribution in [3.8, 4) is 0 Å². The molecule has 1 aromatic heterocycles. The van der Waals surface area contributed by atoms with Gasteiger partial charge in [0.2, 0.25) is 5.91 Å². The molecule has 5 nitrogen and oxygen atoms in total. The Balaban J connectivity index is 2.93. The van der Waals surface area contributed by atoms with Crippen LogP contribution in [0.25, 0.3) is 0 Å². The van der Waals surface area contributed by atoms with Crippen LogP contribution >= 0.6 is 11.3 Å². The number of rotatable bonds is 3. The lowest BCUT2D eigenvalue weighted by Crippen LogP contribution is -2.24. The van der Waals surface area contributed by atoms with Gasteiger partial charge in [-0.05, 0) is 11.4 Å². The van der Waals surface area contributed by atoms with Crippen LogP contribution in [-0.4, -0.2) is 18.9 Å². The number of nitrogens with one attached hydrogen (secondary N) is 1. The number of hydrogen-bond acceptors (Lipinski definition) is 4. The van der Waals surface area contributed by atoms with E-state index >= 15 is 0 Å². The number of hydrogen-bond donors (Lipinski definition) is 2. The summed E-state index contributed by atoms with van der Waals surface area (Å²) in [5.74, 6) is -1.09. The highest BCUT2D eigenvalue weighted by molar-refractivity contribution is 7.12. The largest absolute Gasteiger partial charge is 0.366 e. The number of primary amides is 1. The van der Waals surface area contributed by atoms with Crippen molar-refractivity contribution in [1.29, 1.82) is 0 Å². The van der Waals surface area contributed by atoms with Crippen molar-refractivity contribution in [2.75, 3.05) is 7.11 Å². The smallest absolute Gasteiger partial charge is 0.285 e. The van der Waals surface area contributed by atoms with Crippen molar-refractivity contribution in [1.82, 2.24) is 5.48 Å². The molecular weight excluding hydrogens is 192 g/mol. The van der Waals surface area contributed by atoms with E-state index in [2.05, 4.69) is 10.3 Å². The highest BCUT2D eigenvalue weighted by Crippen LogP contribution is 2.15. The summed E-state index contributed by atoms with van der Waals surface area (Å²) in [7, 11) is 1.31. The molecule has 1 rings (SSSR count). The maximum atomic E-state index is 11.2. The number of carbonyl (C=O) groups excluding carboxylic acids is 2. The average Bonchev–Trinajstić information content (AvgIpc) is 2.52. The van der Waals surface area contributed by atoms with Gasteiger partial charge in [-0.15, -0.1) is 11.3 Å². The third kappa shape index (κ3) is 2.04. The maximum absolute atomic E-state index is 11.2. The van der Waals surface area contributed by atoms with Crippen LogP contribution < -0.4 is 11.2 Å². The van der Waals surface area contributed by atoms with E-state index in [1.54, 1.807) is 5.38 Å². The number of carbonyl (C=O) groups is 2. The minimum Gasteiger partial charge on any atom is -0.366 e. The molecule has 0 aliphatic rings. The maximum Gasteiger partial charge on any atom is 0.285 e. The zero-order chi connectivity index (χ0) is 9.84. The highest BCUT2D eigenvalue weighted by Gasteiger charge is 2.16. The van der Waals surface area contributed by atoms with Gasteiger partial charge in [-0.25, -0.2) is 5.48 Å². The Morgan fingerprint density at radius 2 is 2.31 bits per heavy atom. The standard InChI is InChI=1S/C7H8N2O3S/c1-12-9-7(11)5-4(6(8)10)2-3-13-5/h2-3H,1H3,(H2,8,10)(H,9,11). The summed E-state index contributed by atoms with van der Waals surface area (Å²) in [6.45, 7) is 0. The molecule has 13 heavy (non-hydrogen) atoms. The second-order valence-electron chi connectivity index (χ2n) is 2.16. The molecule has 70 valence electrons. The van der Waals surface area contributed by atoms with E-state index in [1.165, 1.54) is 13.2 Å². The van der Waals surface area contributed by atoms with Crippen LogP contribution in [0.1, 0.15) is 20.0 Å². The molecule has 0 fully saturated rings. The van der Waals surface area contributed by atoms with Gasteiger partial charge in [-0.1, -0.05) is 0 Å². The summed E-state index contributed by atoms with van der Waals surface area (Å²) in [5, 5.41) is 1.62. The van der Waals surface area contributed by atoms with Gasteiger partial charge in [0.1, 0.15) is 4.88 Å². The summed E-state index contributed by atoms with van der Waals surface area (Å²) in [6, 6.07) is 1.50. The zero-order valence-electron chi connectivity index (χ0n) is 6.87. The molecule has 0 aliphatic carbocycles. The van der Waals surface area contributed by atoms with Gasteiger partial charge >= 0.3 is 0 Å². The Kier molecular flexibility index (Phi) is 2.99. The van der Waals surface area contributed by atoms with Crippen molar-refractivity contribution in [3.05, 3.63) is 21.9 Å². The van der Waals surface area contributed by atoms with Gasteiger partial charge in [-0.3, -0.25) is 14.4 Å². The lowest BCUT2D eigenvalue weighted by atomic mass is 10.2. The molecule has 0 atom stereocenters. The van der Waals surface area contributed by atoms with Crippen LogP contribution in [0.3, 0.4) is 0 Å². The third-order valence-corrected chi connectivity index (χ3v) is 2.24. The van der Waals surface area contributed by atoms with Gasteiger partial charge in [0.25, 0.3) is 5.91 Å². The first kappa shape index (κ1) is 9.69. The van der Waals surface area contributed by atoms with E-state index in [4.69, 9.17) is 5.73 Å². The van der Waals surface area contributed by atoms with E-state index in [-0.39, 0.29) is 10.4 Å². The SMILES string of the molecule is CONC(=O)c1sccc1C(N)=O. The lowest BCUT2D eigenvalue weighted by molar-refractivity contribution is 0.0540. The summed E-state index contributed by atoms with van der Waals surface area (Å²) in [4.78, 5) is 26.7. The third-order valence-electron chi connectivity index (χ3n) is 1.33. The van der Waals surface area contributed by atoms with E-state index < -0.39 is 11.8 Å². The van der Waals surface area contributed by atoms with E-state index in [1.807, 2.05) is 0 Å². The molecule has 0 aliphatic heterocycles. The van der Waals surface area contributed by atoms with Gasteiger partial charge in [0, 0.05) is 0 Å². The molecule has 1 heterocycles.